The normalized spacial score (nSPS) is 15.0. The third-order valence-electron chi connectivity index (χ3n) is 0.309. The summed E-state index contributed by atoms with van der Waals surface area (Å²) in [5.74, 6) is 0. The van der Waals surface area contributed by atoms with Crippen molar-refractivity contribution in [1.82, 2.24) is 0 Å². The molecule has 0 N–H and O–H groups in total. The zero-order chi connectivity index (χ0) is 4.28. The van der Waals surface area contributed by atoms with Crippen molar-refractivity contribution in [2.45, 2.75) is 17.6 Å². The minimum Gasteiger partial charge on any atom is -0.110 e. The van der Waals surface area contributed by atoms with Crippen LogP contribution in [0.25, 0.3) is 0 Å². The quantitative estimate of drug-likeness (QED) is 0.513. The van der Waals surface area contributed by atoms with Gasteiger partial charge in [-0.05, 0) is 6.42 Å². The Balaban J connectivity index is 2.54. The summed E-state index contributed by atoms with van der Waals surface area (Å²) in [6, 6.07) is 0. The number of hydrogen-bond donors (Lipinski definition) is 0. The molecule has 0 bridgehead atoms. The van der Waals surface area contributed by atoms with Gasteiger partial charge in [-0.2, -0.15) is 0 Å². The van der Waals surface area contributed by atoms with Crippen molar-refractivity contribution in [2.24, 2.45) is 0 Å². The molecular formula is C3H6BrCl. The van der Waals surface area contributed by atoms with Gasteiger partial charge in [-0.25, -0.2) is 0 Å². The van der Waals surface area contributed by atoms with E-state index in [0.717, 1.165) is 6.42 Å². The van der Waals surface area contributed by atoms with Crippen molar-refractivity contribution in [3.8, 4) is 0 Å². The van der Waals surface area contributed by atoms with E-state index in [1.807, 2.05) is 6.92 Å². The van der Waals surface area contributed by atoms with Crippen LogP contribution in [0.1, 0.15) is 13.3 Å². The van der Waals surface area contributed by atoms with Crippen LogP contribution in [-0.2, 0) is 0 Å². The molecular weight excluding hydrogens is 151 g/mol. The lowest BCUT2D eigenvalue weighted by molar-refractivity contribution is 1.06. The van der Waals surface area contributed by atoms with Crippen LogP contribution in [0.3, 0.4) is 0 Å². The summed E-state index contributed by atoms with van der Waals surface area (Å²) in [7, 11) is 0. The topological polar surface area (TPSA) is 0 Å². The minimum absolute atomic E-state index is 0.169. The van der Waals surface area contributed by atoms with Gasteiger partial charge in [-0.3, -0.25) is 0 Å². The summed E-state index contributed by atoms with van der Waals surface area (Å²) in [5.41, 5.74) is 0. The fourth-order valence-corrected chi connectivity index (χ4v) is 0. The van der Waals surface area contributed by atoms with Crippen LogP contribution >= 0.6 is 27.5 Å². The van der Waals surface area contributed by atoms with Crippen LogP contribution in [-0.4, -0.2) is 4.29 Å². The fraction of sp³-hybridized carbons (Fsp3) is 1.00. The van der Waals surface area contributed by atoms with E-state index in [9.17, 15) is 0 Å². The highest BCUT2D eigenvalue weighted by molar-refractivity contribution is 9.10. The SMILES string of the molecule is CC[C@@H](Cl)Br. The van der Waals surface area contributed by atoms with Crippen molar-refractivity contribution < 1.29 is 0 Å². The maximum absolute atomic E-state index is 5.38. The van der Waals surface area contributed by atoms with E-state index in [4.69, 9.17) is 11.6 Å². The summed E-state index contributed by atoms with van der Waals surface area (Å²) < 4.78 is 0.169. The first-order chi connectivity index (χ1) is 2.27. The molecule has 0 aliphatic rings. The molecule has 5 heavy (non-hydrogen) atoms. The van der Waals surface area contributed by atoms with Crippen LogP contribution in [0.5, 0.6) is 0 Å². The van der Waals surface area contributed by atoms with Gasteiger partial charge in [0.25, 0.3) is 0 Å². The minimum atomic E-state index is 0.169. The Bertz CT molecular complexity index is 20.9. The van der Waals surface area contributed by atoms with E-state index in [-0.39, 0.29) is 4.29 Å². The molecule has 32 valence electrons. The van der Waals surface area contributed by atoms with Crippen LogP contribution in [0, 0.1) is 0 Å². The van der Waals surface area contributed by atoms with E-state index in [1.54, 1.807) is 0 Å². The zero-order valence-corrected chi connectivity index (χ0v) is 5.38. The van der Waals surface area contributed by atoms with Gasteiger partial charge in [0, 0.05) is 0 Å². The molecule has 0 spiro atoms. The van der Waals surface area contributed by atoms with E-state index in [1.165, 1.54) is 0 Å². The Morgan fingerprint density at radius 3 is 2.20 bits per heavy atom. The summed E-state index contributed by atoms with van der Waals surface area (Å²) >= 11 is 8.52. The van der Waals surface area contributed by atoms with Crippen LogP contribution in [0.15, 0.2) is 0 Å². The van der Waals surface area contributed by atoms with Crippen molar-refractivity contribution >= 4 is 27.5 Å². The smallest absolute Gasteiger partial charge is 0.0883 e. The first kappa shape index (κ1) is 5.77. The molecule has 0 aromatic heterocycles. The van der Waals surface area contributed by atoms with Gasteiger partial charge in [0.15, 0.2) is 0 Å². The largest absolute Gasteiger partial charge is 0.110 e. The molecule has 0 unspecified atom stereocenters. The van der Waals surface area contributed by atoms with Crippen molar-refractivity contribution in [3.05, 3.63) is 0 Å². The standard InChI is InChI=1S/C3H6BrCl/c1-2-3(4)5/h3H,2H2,1H3/t3-/m1/s1. The molecule has 0 aromatic rings. The highest BCUT2D eigenvalue weighted by Gasteiger charge is 1.85. The Morgan fingerprint density at radius 1 is 2.00 bits per heavy atom. The predicted molar refractivity (Wildman–Crippen MR) is 28.9 cm³/mol. The summed E-state index contributed by atoms with van der Waals surface area (Å²) in [4.78, 5) is 0. The van der Waals surface area contributed by atoms with Gasteiger partial charge in [0.2, 0.25) is 0 Å². The van der Waals surface area contributed by atoms with Gasteiger partial charge >= 0.3 is 0 Å². The average Bonchev–Trinajstić information content (AvgIpc) is 1.38. The van der Waals surface area contributed by atoms with Crippen LogP contribution in [0.4, 0.5) is 0 Å². The Kier molecular flexibility index (Phi) is 3.44. The second-order valence-electron chi connectivity index (χ2n) is 0.799. The molecule has 0 nitrogen and oxygen atoms in total. The first-order valence-corrected chi connectivity index (χ1v) is 2.90. The van der Waals surface area contributed by atoms with E-state index < -0.39 is 0 Å². The molecule has 0 aromatic carbocycles. The molecule has 1 atom stereocenters. The Labute approximate surface area is 45.6 Å². The van der Waals surface area contributed by atoms with Crippen LogP contribution in [0.2, 0.25) is 0 Å². The third-order valence-corrected chi connectivity index (χ3v) is 1.26. The monoisotopic (exact) mass is 156 g/mol. The molecule has 0 amide bonds. The average molecular weight is 157 g/mol. The van der Waals surface area contributed by atoms with E-state index in [0.29, 0.717) is 0 Å². The zero-order valence-electron chi connectivity index (χ0n) is 3.04. The van der Waals surface area contributed by atoms with E-state index in [2.05, 4.69) is 15.9 Å². The second-order valence-corrected chi connectivity index (χ2v) is 2.96. The van der Waals surface area contributed by atoms with Gasteiger partial charge in [0.1, 0.15) is 0 Å². The van der Waals surface area contributed by atoms with Gasteiger partial charge in [-0.15, -0.1) is 11.6 Å². The maximum atomic E-state index is 5.38. The van der Waals surface area contributed by atoms with Crippen molar-refractivity contribution in [1.29, 1.82) is 0 Å². The lowest BCUT2D eigenvalue weighted by atomic mass is 10.6. The van der Waals surface area contributed by atoms with Gasteiger partial charge < -0.3 is 0 Å². The molecule has 0 rings (SSSR count). The molecule has 0 radical (unpaired) electrons. The first-order valence-electron chi connectivity index (χ1n) is 1.55. The summed E-state index contributed by atoms with van der Waals surface area (Å²) in [6.07, 6.45) is 0.988. The lowest BCUT2D eigenvalue weighted by Crippen LogP contribution is -1.74. The van der Waals surface area contributed by atoms with Crippen molar-refractivity contribution in [2.75, 3.05) is 0 Å². The highest BCUT2D eigenvalue weighted by Crippen LogP contribution is 2.06. The Morgan fingerprint density at radius 2 is 2.20 bits per heavy atom. The second kappa shape index (κ2) is 2.98. The molecule has 0 aliphatic heterocycles. The number of halogens is 2. The van der Waals surface area contributed by atoms with Crippen LogP contribution < -0.4 is 0 Å². The highest BCUT2D eigenvalue weighted by atomic mass is 79.9. The molecule has 2 heteroatoms. The molecule has 0 aliphatic carbocycles. The van der Waals surface area contributed by atoms with E-state index >= 15 is 0 Å². The number of rotatable bonds is 1. The molecule has 0 heterocycles. The summed E-state index contributed by atoms with van der Waals surface area (Å²) in [5, 5.41) is 0. The molecule has 0 fully saturated rings. The number of hydrogen-bond acceptors (Lipinski definition) is 0. The maximum Gasteiger partial charge on any atom is 0.0883 e. The summed E-state index contributed by atoms with van der Waals surface area (Å²) in [6.45, 7) is 2.02. The molecule has 0 saturated heterocycles. The number of alkyl halides is 2. The molecule has 0 saturated carbocycles. The fourth-order valence-electron chi connectivity index (χ4n) is 0. The Hall–Kier alpha value is 0.770. The predicted octanol–water partition coefficient (Wildman–Crippen LogP) is 2.36. The van der Waals surface area contributed by atoms with Gasteiger partial charge in [-0.1, -0.05) is 22.9 Å². The third kappa shape index (κ3) is 4.77. The lowest BCUT2D eigenvalue weighted by Gasteiger charge is -1.85. The van der Waals surface area contributed by atoms with Crippen molar-refractivity contribution in [3.63, 3.8) is 0 Å². The van der Waals surface area contributed by atoms with Gasteiger partial charge in [0.05, 0.1) is 4.29 Å².